The Morgan fingerprint density at radius 1 is 1.33 bits per heavy atom. The summed E-state index contributed by atoms with van der Waals surface area (Å²) in [5, 5.41) is 0. The lowest BCUT2D eigenvalue weighted by atomic mass is 10.2. The zero-order valence-electron chi connectivity index (χ0n) is 10.6. The molecule has 0 unspecified atom stereocenters. The Kier molecular flexibility index (Phi) is 3.20. The molecule has 0 saturated carbocycles. The summed E-state index contributed by atoms with van der Waals surface area (Å²) in [6.07, 6.45) is 0.997. The van der Waals surface area contributed by atoms with Gasteiger partial charge in [-0.2, -0.15) is 4.31 Å². The maximum Gasteiger partial charge on any atom is 0.254 e. The molecule has 1 aliphatic heterocycles. The first-order chi connectivity index (χ1) is 8.27. The predicted octanol–water partition coefficient (Wildman–Crippen LogP) is -0.284. The molecule has 1 aromatic heterocycles. The maximum absolute atomic E-state index is 11.5. The maximum atomic E-state index is 11.5. The number of ether oxygens (including phenoxy) is 1. The molecule has 7 heteroatoms. The third-order valence-corrected chi connectivity index (χ3v) is 4.30. The van der Waals surface area contributed by atoms with Crippen molar-refractivity contribution < 1.29 is 13.2 Å². The van der Waals surface area contributed by atoms with Crippen LogP contribution in [-0.4, -0.2) is 42.7 Å². The standard InChI is InChI=1S/C11H16N2O4S/c1-8-4-9(5-11(14)12(8)2)17-10-6-13(7-10)18(3,15)16/h4-5,10H,6-7H2,1-3H3. The van der Waals surface area contributed by atoms with Gasteiger partial charge < -0.3 is 9.30 Å². The monoisotopic (exact) mass is 272 g/mol. The number of aromatic nitrogens is 1. The van der Waals surface area contributed by atoms with Crippen molar-refractivity contribution in [1.82, 2.24) is 8.87 Å². The van der Waals surface area contributed by atoms with Gasteiger partial charge in [0.25, 0.3) is 5.56 Å². The van der Waals surface area contributed by atoms with Gasteiger partial charge in [0.05, 0.1) is 19.3 Å². The molecule has 100 valence electrons. The SMILES string of the molecule is Cc1cc(OC2CN(S(C)(=O)=O)C2)cc(=O)n1C. The molecule has 0 atom stereocenters. The number of aryl methyl sites for hydroxylation is 1. The highest BCUT2D eigenvalue weighted by Gasteiger charge is 2.34. The highest BCUT2D eigenvalue weighted by molar-refractivity contribution is 7.88. The molecule has 0 radical (unpaired) electrons. The Morgan fingerprint density at radius 2 is 1.94 bits per heavy atom. The highest BCUT2D eigenvalue weighted by atomic mass is 32.2. The molecular weight excluding hydrogens is 256 g/mol. The van der Waals surface area contributed by atoms with Crippen LogP contribution in [0.3, 0.4) is 0 Å². The molecule has 0 spiro atoms. The van der Waals surface area contributed by atoms with Gasteiger partial charge in [0.2, 0.25) is 10.0 Å². The van der Waals surface area contributed by atoms with E-state index >= 15 is 0 Å². The van der Waals surface area contributed by atoms with Crippen LogP contribution in [0.5, 0.6) is 5.75 Å². The lowest BCUT2D eigenvalue weighted by Crippen LogP contribution is -2.55. The second-order valence-electron chi connectivity index (χ2n) is 4.55. The van der Waals surface area contributed by atoms with E-state index in [0.717, 1.165) is 5.69 Å². The Hall–Kier alpha value is -1.34. The molecule has 6 nitrogen and oxygen atoms in total. The molecule has 0 aromatic carbocycles. The molecule has 1 aromatic rings. The van der Waals surface area contributed by atoms with Gasteiger partial charge in [-0.15, -0.1) is 0 Å². The highest BCUT2D eigenvalue weighted by Crippen LogP contribution is 2.19. The van der Waals surface area contributed by atoms with E-state index in [9.17, 15) is 13.2 Å². The van der Waals surface area contributed by atoms with Gasteiger partial charge in [0.1, 0.15) is 11.9 Å². The van der Waals surface area contributed by atoms with Crippen molar-refractivity contribution in [3.8, 4) is 5.75 Å². The lowest BCUT2D eigenvalue weighted by Gasteiger charge is -2.36. The molecule has 2 heterocycles. The summed E-state index contributed by atoms with van der Waals surface area (Å²) in [4.78, 5) is 11.5. The largest absolute Gasteiger partial charge is 0.487 e. The van der Waals surface area contributed by atoms with E-state index in [2.05, 4.69) is 0 Å². The Balaban J connectivity index is 2.03. The summed E-state index contributed by atoms with van der Waals surface area (Å²) in [5.74, 6) is 0.494. The summed E-state index contributed by atoms with van der Waals surface area (Å²) >= 11 is 0. The second kappa shape index (κ2) is 4.40. The number of rotatable bonds is 3. The van der Waals surface area contributed by atoms with Crippen molar-refractivity contribution in [2.75, 3.05) is 19.3 Å². The van der Waals surface area contributed by atoms with Crippen molar-refractivity contribution >= 4 is 10.0 Å². The lowest BCUT2D eigenvalue weighted by molar-refractivity contribution is 0.0764. The molecular formula is C11H16N2O4S. The van der Waals surface area contributed by atoms with Gasteiger partial charge in [-0.25, -0.2) is 8.42 Å². The van der Waals surface area contributed by atoms with Crippen LogP contribution >= 0.6 is 0 Å². The fourth-order valence-corrected chi connectivity index (χ4v) is 2.62. The number of nitrogens with zero attached hydrogens (tertiary/aromatic N) is 2. The molecule has 0 amide bonds. The minimum Gasteiger partial charge on any atom is -0.487 e. The quantitative estimate of drug-likeness (QED) is 0.758. The van der Waals surface area contributed by atoms with E-state index in [1.54, 1.807) is 13.1 Å². The van der Waals surface area contributed by atoms with Crippen molar-refractivity contribution in [3.05, 3.63) is 28.2 Å². The van der Waals surface area contributed by atoms with E-state index in [1.807, 2.05) is 6.92 Å². The summed E-state index contributed by atoms with van der Waals surface area (Å²) in [6, 6.07) is 3.18. The van der Waals surface area contributed by atoms with Crippen LogP contribution in [0.2, 0.25) is 0 Å². The molecule has 2 rings (SSSR count). The normalized spacial score (nSPS) is 17.5. The van der Waals surface area contributed by atoms with Crippen LogP contribution in [0.1, 0.15) is 5.69 Å². The van der Waals surface area contributed by atoms with Crippen LogP contribution < -0.4 is 10.3 Å². The van der Waals surface area contributed by atoms with Gasteiger partial charge in [0, 0.05) is 18.8 Å². The minimum absolute atomic E-state index is 0.135. The smallest absolute Gasteiger partial charge is 0.254 e. The van der Waals surface area contributed by atoms with Gasteiger partial charge in [0.15, 0.2) is 0 Å². The van der Waals surface area contributed by atoms with E-state index < -0.39 is 10.0 Å². The molecule has 1 fully saturated rings. The van der Waals surface area contributed by atoms with E-state index in [0.29, 0.717) is 18.8 Å². The van der Waals surface area contributed by atoms with E-state index in [1.165, 1.54) is 21.2 Å². The fourth-order valence-electron chi connectivity index (χ4n) is 1.74. The molecule has 0 N–H and O–H groups in total. The molecule has 18 heavy (non-hydrogen) atoms. The summed E-state index contributed by atoms with van der Waals surface area (Å²) in [7, 11) is -1.44. The molecule has 1 saturated heterocycles. The van der Waals surface area contributed by atoms with Crippen LogP contribution in [-0.2, 0) is 17.1 Å². The molecule has 0 aliphatic carbocycles. The minimum atomic E-state index is -3.13. The molecule has 1 aliphatic rings. The number of hydrogen-bond acceptors (Lipinski definition) is 4. The zero-order chi connectivity index (χ0) is 13.5. The van der Waals surface area contributed by atoms with Crippen LogP contribution in [0, 0.1) is 6.92 Å². The first kappa shape index (κ1) is 13.1. The van der Waals surface area contributed by atoms with Crippen molar-refractivity contribution in [1.29, 1.82) is 0 Å². The summed E-state index contributed by atoms with van der Waals surface area (Å²) in [5.41, 5.74) is 0.668. The number of pyridine rings is 1. The van der Waals surface area contributed by atoms with E-state index in [4.69, 9.17) is 4.74 Å². The van der Waals surface area contributed by atoms with Gasteiger partial charge in [-0.3, -0.25) is 4.79 Å². The Labute approximate surface area is 106 Å². The average Bonchev–Trinajstić information content (AvgIpc) is 2.17. The number of sulfonamides is 1. The first-order valence-corrected chi connectivity index (χ1v) is 7.41. The average molecular weight is 272 g/mol. The summed E-state index contributed by atoms with van der Waals surface area (Å²) < 4.78 is 30.8. The van der Waals surface area contributed by atoms with Gasteiger partial charge >= 0.3 is 0 Å². The number of hydrogen-bond donors (Lipinski definition) is 0. The van der Waals surface area contributed by atoms with Gasteiger partial charge in [-0.1, -0.05) is 0 Å². The fraction of sp³-hybridized carbons (Fsp3) is 0.545. The van der Waals surface area contributed by atoms with Crippen LogP contribution in [0.15, 0.2) is 16.9 Å². The zero-order valence-corrected chi connectivity index (χ0v) is 11.4. The third-order valence-electron chi connectivity index (χ3n) is 3.06. The summed E-state index contributed by atoms with van der Waals surface area (Å²) in [6.45, 7) is 2.50. The van der Waals surface area contributed by atoms with Crippen LogP contribution in [0.4, 0.5) is 0 Å². The second-order valence-corrected chi connectivity index (χ2v) is 6.53. The van der Waals surface area contributed by atoms with Crippen molar-refractivity contribution in [3.63, 3.8) is 0 Å². The van der Waals surface area contributed by atoms with Crippen LogP contribution in [0.25, 0.3) is 0 Å². The third kappa shape index (κ3) is 2.56. The van der Waals surface area contributed by atoms with Crippen molar-refractivity contribution in [2.45, 2.75) is 13.0 Å². The van der Waals surface area contributed by atoms with E-state index in [-0.39, 0.29) is 11.7 Å². The first-order valence-electron chi connectivity index (χ1n) is 5.57. The predicted molar refractivity (Wildman–Crippen MR) is 67.3 cm³/mol. The van der Waals surface area contributed by atoms with Gasteiger partial charge in [-0.05, 0) is 13.0 Å². The topological polar surface area (TPSA) is 68.6 Å². The van der Waals surface area contributed by atoms with Crippen molar-refractivity contribution in [2.24, 2.45) is 7.05 Å². The molecule has 0 bridgehead atoms. The Bertz CT molecular complexity index is 614. The Morgan fingerprint density at radius 3 is 2.44 bits per heavy atom.